The first-order valence-corrected chi connectivity index (χ1v) is 4.86. The van der Waals surface area contributed by atoms with E-state index < -0.39 is 11.9 Å². The Labute approximate surface area is 88.6 Å². The molecule has 2 rings (SSSR count). The van der Waals surface area contributed by atoms with Gasteiger partial charge in [-0.05, 0) is 18.1 Å². The van der Waals surface area contributed by atoms with Gasteiger partial charge in [0.15, 0.2) is 0 Å². The van der Waals surface area contributed by atoms with Crippen molar-refractivity contribution in [2.75, 3.05) is 0 Å². The van der Waals surface area contributed by atoms with Gasteiger partial charge in [-0.25, -0.2) is 0 Å². The van der Waals surface area contributed by atoms with Crippen LogP contribution in [0.1, 0.15) is 6.92 Å². The van der Waals surface area contributed by atoms with Crippen LogP contribution < -0.4 is 0 Å². The Hall–Kier alpha value is -1.83. The van der Waals surface area contributed by atoms with E-state index in [0.29, 0.717) is 0 Å². The molecule has 0 radical (unpaired) electrons. The third-order valence-corrected chi connectivity index (χ3v) is 2.54. The Balaban J connectivity index is 2.59. The van der Waals surface area contributed by atoms with Crippen molar-refractivity contribution in [3.63, 3.8) is 0 Å². The lowest BCUT2D eigenvalue weighted by Crippen LogP contribution is -2.16. The molecule has 2 aliphatic rings. The van der Waals surface area contributed by atoms with E-state index in [9.17, 15) is 9.90 Å². The van der Waals surface area contributed by atoms with Crippen molar-refractivity contribution in [1.29, 1.82) is 0 Å². The Morgan fingerprint density at radius 1 is 1.20 bits per heavy atom. The van der Waals surface area contributed by atoms with Crippen LogP contribution in [0.4, 0.5) is 0 Å². The quantitative estimate of drug-likeness (QED) is 0.706. The molecule has 0 amide bonds. The van der Waals surface area contributed by atoms with Crippen LogP contribution in [-0.4, -0.2) is 11.1 Å². The van der Waals surface area contributed by atoms with Gasteiger partial charge in [0, 0.05) is 0 Å². The maximum Gasteiger partial charge on any atom is 0.315 e. The lowest BCUT2D eigenvalue weighted by Gasteiger charge is -2.12. The van der Waals surface area contributed by atoms with Crippen molar-refractivity contribution in [1.82, 2.24) is 0 Å². The van der Waals surface area contributed by atoms with Gasteiger partial charge in [0.1, 0.15) is 5.92 Å². The first-order chi connectivity index (χ1) is 7.18. The standard InChI is InChI=1S/C13H12O2/c1-9-6-7-10-4-2-3-5-11(8-9)12(10)13(14)15/h2-8,12H,1H3,(H,14,15)/t12-/m0/s1. The molecular weight excluding hydrogens is 188 g/mol. The van der Waals surface area contributed by atoms with Crippen molar-refractivity contribution in [3.05, 3.63) is 59.3 Å². The zero-order chi connectivity index (χ0) is 10.8. The topological polar surface area (TPSA) is 37.3 Å². The Morgan fingerprint density at radius 3 is 2.53 bits per heavy atom. The number of rotatable bonds is 1. The summed E-state index contributed by atoms with van der Waals surface area (Å²) in [4.78, 5) is 11.2. The lowest BCUT2D eigenvalue weighted by molar-refractivity contribution is -0.139. The molecule has 2 bridgehead atoms. The fourth-order valence-corrected chi connectivity index (χ4v) is 1.83. The fourth-order valence-electron chi connectivity index (χ4n) is 1.83. The summed E-state index contributed by atoms with van der Waals surface area (Å²) in [5.41, 5.74) is 2.74. The van der Waals surface area contributed by atoms with Crippen molar-refractivity contribution in [2.24, 2.45) is 5.92 Å². The molecule has 15 heavy (non-hydrogen) atoms. The van der Waals surface area contributed by atoms with Crippen LogP contribution in [0.2, 0.25) is 0 Å². The number of aliphatic carboxylic acids is 1. The van der Waals surface area contributed by atoms with Crippen LogP contribution in [0.15, 0.2) is 59.3 Å². The van der Waals surface area contributed by atoms with E-state index in [2.05, 4.69) is 0 Å². The Bertz CT molecular complexity index is 445. The minimum atomic E-state index is -0.799. The Kier molecular flexibility index (Phi) is 2.42. The largest absolute Gasteiger partial charge is 0.481 e. The molecule has 2 nitrogen and oxygen atoms in total. The highest BCUT2D eigenvalue weighted by Crippen LogP contribution is 2.29. The average molecular weight is 200 g/mol. The molecule has 0 saturated carbocycles. The molecule has 2 aliphatic carbocycles. The highest BCUT2D eigenvalue weighted by Gasteiger charge is 2.25. The van der Waals surface area contributed by atoms with Gasteiger partial charge in [0.2, 0.25) is 0 Å². The lowest BCUT2D eigenvalue weighted by atomic mass is 9.92. The number of fused-ring (bicyclic) bond motifs is 2. The van der Waals surface area contributed by atoms with E-state index in [1.54, 1.807) is 0 Å². The minimum Gasteiger partial charge on any atom is -0.481 e. The smallest absolute Gasteiger partial charge is 0.315 e. The van der Waals surface area contributed by atoms with Gasteiger partial charge < -0.3 is 5.11 Å². The van der Waals surface area contributed by atoms with E-state index in [1.165, 1.54) is 0 Å². The molecular formula is C13H12O2. The van der Waals surface area contributed by atoms with Gasteiger partial charge in [-0.2, -0.15) is 0 Å². The van der Waals surface area contributed by atoms with Crippen molar-refractivity contribution in [2.45, 2.75) is 6.92 Å². The highest BCUT2D eigenvalue weighted by molar-refractivity contribution is 5.80. The predicted molar refractivity (Wildman–Crippen MR) is 59.3 cm³/mol. The first-order valence-electron chi connectivity index (χ1n) is 4.86. The molecule has 0 aromatic carbocycles. The van der Waals surface area contributed by atoms with E-state index in [1.807, 2.05) is 49.5 Å². The maximum atomic E-state index is 11.2. The van der Waals surface area contributed by atoms with Crippen LogP contribution in [0, 0.1) is 5.92 Å². The summed E-state index contributed by atoms with van der Waals surface area (Å²) in [7, 11) is 0. The second-order valence-electron chi connectivity index (χ2n) is 3.71. The second kappa shape index (κ2) is 3.73. The zero-order valence-corrected chi connectivity index (χ0v) is 8.47. The molecule has 0 aromatic rings. The van der Waals surface area contributed by atoms with E-state index in [0.717, 1.165) is 16.7 Å². The Morgan fingerprint density at radius 2 is 1.87 bits per heavy atom. The first kappa shape index (κ1) is 9.71. The van der Waals surface area contributed by atoms with Crippen molar-refractivity contribution >= 4 is 5.97 Å². The zero-order valence-electron chi connectivity index (χ0n) is 8.47. The third-order valence-electron chi connectivity index (χ3n) is 2.54. The summed E-state index contributed by atoms with van der Waals surface area (Å²) in [6.45, 7) is 1.97. The number of carbonyl (C=O) groups is 1. The SMILES string of the molecule is CC1=CC2=CC=CC=C(C=C1)[C@@H]2C(=O)O. The van der Waals surface area contributed by atoms with Crippen molar-refractivity contribution < 1.29 is 9.90 Å². The van der Waals surface area contributed by atoms with Gasteiger partial charge in [-0.15, -0.1) is 0 Å². The van der Waals surface area contributed by atoms with Crippen LogP contribution in [0.3, 0.4) is 0 Å². The number of carboxylic acids is 1. The number of allylic oxidation sites excluding steroid dienone is 8. The molecule has 1 N–H and O–H groups in total. The van der Waals surface area contributed by atoms with E-state index >= 15 is 0 Å². The molecule has 0 aromatic heterocycles. The number of hydrogen-bond donors (Lipinski definition) is 1. The summed E-state index contributed by atoms with van der Waals surface area (Å²) in [6.07, 6.45) is 13.2. The van der Waals surface area contributed by atoms with Gasteiger partial charge in [0.25, 0.3) is 0 Å². The van der Waals surface area contributed by atoms with Gasteiger partial charge in [-0.1, -0.05) is 48.1 Å². The van der Waals surface area contributed by atoms with Crippen molar-refractivity contribution in [3.8, 4) is 0 Å². The van der Waals surface area contributed by atoms with Crippen LogP contribution >= 0.6 is 0 Å². The fraction of sp³-hybridized carbons (Fsp3) is 0.154. The van der Waals surface area contributed by atoms with Crippen LogP contribution in [-0.2, 0) is 4.79 Å². The molecule has 0 heterocycles. The van der Waals surface area contributed by atoms with Gasteiger partial charge in [-0.3, -0.25) is 4.79 Å². The molecule has 76 valence electrons. The minimum absolute atomic E-state index is 0.534. The highest BCUT2D eigenvalue weighted by atomic mass is 16.4. The molecule has 0 spiro atoms. The summed E-state index contributed by atoms with van der Waals surface area (Å²) < 4.78 is 0. The van der Waals surface area contributed by atoms with Crippen LogP contribution in [0.5, 0.6) is 0 Å². The van der Waals surface area contributed by atoms with E-state index in [4.69, 9.17) is 0 Å². The summed E-state index contributed by atoms with van der Waals surface area (Å²) in [5, 5.41) is 9.21. The third kappa shape index (κ3) is 1.84. The molecule has 2 heteroatoms. The number of hydrogen-bond acceptors (Lipinski definition) is 1. The van der Waals surface area contributed by atoms with Crippen LogP contribution in [0.25, 0.3) is 0 Å². The average Bonchev–Trinajstić information content (AvgIpc) is 2.45. The predicted octanol–water partition coefficient (Wildman–Crippen LogP) is 2.63. The summed E-state index contributed by atoms with van der Waals surface area (Å²) >= 11 is 0. The number of carboxylic acid groups (broad SMARTS) is 1. The monoisotopic (exact) mass is 200 g/mol. The molecule has 0 unspecified atom stereocenters. The van der Waals surface area contributed by atoms with E-state index in [-0.39, 0.29) is 0 Å². The van der Waals surface area contributed by atoms with Gasteiger partial charge in [0.05, 0.1) is 0 Å². The summed E-state index contributed by atoms with van der Waals surface area (Å²) in [5.74, 6) is -1.33. The molecule has 1 atom stereocenters. The van der Waals surface area contributed by atoms with Gasteiger partial charge >= 0.3 is 5.97 Å². The second-order valence-corrected chi connectivity index (χ2v) is 3.71. The normalized spacial score (nSPS) is 23.5. The molecule has 0 saturated heterocycles. The maximum absolute atomic E-state index is 11.2. The molecule has 0 aliphatic heterocycles. The molecule has 0 fully saturated rings. The summed E-state index contributed by atoms with van der Waals surface area (Å²) in [6, 6.07) is 0.